The van der Waals surface area contributed by atoms with Gasteiger partial charge < -0.3 is 4.90 Å². The summed E-state index contributed by atoms with van der Waals surface area (Å²) < 4.78 is 0. The summed E-state index contributed by atoms with van der Waals surface area (Å²) in [6, 6.07) is 15.1. The van der Waals surface area contributed by atoms with E-state index in [1.54, 1.807) is 31.2 Å². The molecule has 1 aliphatic rings. The van der Waals surface area contributed by atoms with Crippen molar-refractivity contribution in [2.24, 2.45) is 5.10 Å². The number of imide groups is 1. The molecule has 2 aromatic carbocycles. The van der Waals surface area contributed by atoms with E-state index >= 15 is 0 Å². The van der Waals surface area contributed by atoms with Crippen LogP contribution in [0.4, 0.5) is 11.4 Å². The third kappa shape index (κ3) is 7.41. The number of carbonyl (C=O) groups is 3. The molecule has 3 rings (SSSR count). The van der Waals surface area contributed by atoms with Gasteiger partial charge in [-0.1, -0.05) is 24.3 Å². The number of hydrogen-bond acceptors (Lipinski definition) is 5. The maximum atomic E-state index is 12.3. The predicted molar refractivity (Wildman–Crippen MR) is 141 cm³/mol. The summed E-state index contributed by atoms with van der Waals surface area (Å²) in [4.78, 5) is 39.3. The molecule has 184 valence electrons. The van der Waals surface area contributed by atoms with Gasteiger partial charge in [0.25, 0.3) is 11.8 Å². The first-order valence-electron chi connectivity index (χ1n) is 11.4. The molecule has 9 heteroatoms. The first-order valence-corrected chi connectivity index (χ1v) is 12.5. The number of alkyl halides is 2. The van der Waals surface area contributed by atoms with Crippen molar-refractivity contribution >= 4 is 58.0 Å². The van der Waals surface area contributed by atoms with E-state index in [4.69, 9.17) is 23.2 Å². The smallest absolute Gasteiger partial charge is 0.258 e. The minimum absolute atomic E-state index is 0.179. The van der Waals surface area contributed by atoms with Crippen molar-refractivity contribution in [2.45, 2.75) is 26.2 Å². The number of rotatable bonds is 12. The molecule has 1 heterocycles. The summed E-state index contributed by atoms with van der Waals surface area (Å²) in [5.41, 5.74) is 6.55. The van der Waals surface area contributed by atoms with Crippen molar-refractivity contribution in [2.75, 3.05) is 34.6 Å². The first kappa shape index (κ1) is 26.4. The van der Waals surface area contributed by atoms with Gasteiger partial charge in [-0.05, 0) is 55.2 Å². The van der Waals surface area contributed by atoms with Gasteiger partial charge in [0, 0.05) is 49.1 Å². The highest BCUT2D eigenvalue weighted by molar-refractivity contribution is 6.28. The normalized spacial score (nSPS) is 13.5. The minimum atomic E-state index is -0.382. The van der Waals surface area contributed by atoms with Crippen LogP contribution in [-0.4, -0.2) is 48.3 Å². The molecular weight excluding hydrogens is 487 g/mol. The van der Waals surface area contributed by atoms with Crippen LogP contribution in [0.3, 0.4) is 0 Å². The van der Waals surface area contributed by atoms with Crippen molar-refractivity contribution < 1.29 is 14.4 Å². The number of nitrogens with zero attached hydrogens (tertiary/aromatic N) is 3. The van der Waals surface area contributed by atoms with E-state index in [0.29, 0.717) is 41.6 Å². The lowest BCUT2D eigenvalue weighted by atomic mass is 10.1. The number of hydrogen-bond donors (Lipinski definition) is 1. The molecule has 2 aromatic rings. The van der Waals surface area contributed by atoms with E-state index in [-0.39, 0.29) is 17.7 Å². The fourth-order valence-electron chi connectivity index (χ4n) is 3.69. The fourth-order valence-corrected chi connectivity index (χ4v) is 4.10. The number of benzene rings is 2. The Morgan fingerprint density at radius 2 is 1.66 bits per heavy atom. The number of nitrogens with one attached hydrogen (secondary N) is 1. The molecule has 3 amide bonds. The monoisotopic (exact) mass is 514 g/mol. The second kappa shape index (κ2) is 13.1. The maximum Gasteiger partial charge on any atom is 0.258 e. The van der Waals surface area contributed by atoms with Crippen molar-refractivity contribution in [1.29, 1.82) is 0 Å². The van der Waals surface area contributed by atoms with Crippen LogP contribution in [0.25, 0.3) is 0 Å². The molecule has 0 spiro atoms. The summed E-state index contributed by atoms with van der Waals surface area (Å²) in [6.45, 7) is 3.23. The zero-order valence-electron chi connectivity index (χ0n) is 19.5. The molecule has 1 N–H and O–H groups in total. The second-order valence-corrected chi connectivity index (χ2v) is 8.77. The molecule has 0 aromatic heterocycles. The van der Waals surface area contributed by atoms with Crippen molar-refractivity contribution in [3.05, 3.63) is 71.8 Å². The minimum Gasteiger partial charge on any atom is -0.369 e. The zero-order chi connectivity index (χ0) is 25.2. The Morgan fingerprint density at radius 1 is 1.00 bits per heavy atom. The number of carbonyl (C=O) groups excluding carboxylic acids is 3. The topological polar surface area (TPSA) is 82.1 Å². The molecule has 0 radical (unpaired) electrons. The molecule has 0 atom stereocenters. The van der Waals surface area contributed by atoms with E-state index < -0.39 is 0 Å². The van der Waals surface area contributed by atoms with Crippen molar-refractivity contribution in [3.8, 4) is 0 Å². The van der Waals surface area contributed by atoms with Gasteiger partial charge in [0.05, 0.1) is 11.4 Å². The first-order chi connectivity index (χ1) is 16.9. The molecular formula is C26H28Cl2N4O3. The predicted octanol–water partition coefficient (Wildman–Crippen LogP) is 4.26. The number of hydrazone groups is 1. The average molecular weight is 515 g/mol. The second-order valence-electron chi connectivity index (χ2n) is 8.01. The van der Waals surface area contributed by atoms with Crippen LogP contribution in [0.15, 0.2) is 65.8 Å². The summed E-state index contributed by atoms with van der Waals surface area (Å²) in [5.74, 6) is 0.133. The summed E-state index contributed by atoms with van der Waals surface area (Å²) >= 11 is 11.8. The van der Waals surface area contributed by atoms with Crippen LogP contribution in [0.1, 0.15) is 30.9 Å². The van der Waals surface area contributed by atoms with Gasteiger partial charge in [0.15, 0.2) is 0 Å². The van der Waals surface area contributed by atoms with Gasteiger partial charge in [-0.2, -0.15) is 5.10 Å². The van der Waals surface area contributed by atoms with Gasteiger partial charge >= 0.3 is 0 Å². The maximum absolute atomic E-state index is 12.3. The lowest BCUT2D eigenvalue weighted by molar-refractivity contribution is -0.121. The third-order valence-corrected chi connectivity index (χ3v) is 5.90. The van der Waals surface area contributed by atoms with Crippen LogP contribution in [0.2, 0.25) is 0 Å². The lowest BCUT2D eigenvalue weighted by Crippen LogP contribution is -2.29. The van der Waals surface area contributed by atoms with Gasteiger partial charge in [0.1, 0.15) is 0 Å². The molecule has 0 unspecified atom stereocenters. The molecule has 0 saturated carbocycles. The van der Waals surface area contributed by atoms with E-state index in [2.05, 4.69) is 39.7 Å². The number of amides is 3. The molecule has 7 nitrogen and oxygen atoms in total. The lowest BCUT2D eigenvalue weighted by Gasteiger charge is -2.23. The largest absolute Gasteiger partial charge is 0.369 e. The number of halogens is 2. The van der Waals surface area contributed by atoms with Gasteiger partial charge in [-0.15, -0.1) is 23.2 Å². The van der Waals surface area contributed by atoms with E-state index in [9.17, 15) is 14.4 Å². The van der Waals surface area contributed by atoms with Crippen molar-refractivity contribution in [3.63, 3.8) is 0 Å². The van der Waals surface area contributed by atoms with Crippen molar-refractivity contribution in [1.82, 2.24) is 5.43 Å². The Kier molecular flexibility index (Phi) is 9.87. The van der Waals surface area contributed by atoms with Crippen LogP contribution >= 0.6 is 23.2 Å². The van der Waals surface area contributed by atoms with Gasteiger partial charge in [-0.25, -0.2) is 10.3 Å². The Hall–Kier alpha value is -3.16. The molecule has 0 fully saturated rings. The van der Waals surface area contributed by atoms with Crippen LogP contribution < -0.4 is 15.2 Å². The molecule has 0 bridgehead atoms. The standard InChI is InChI=1S/C26H28Cl2N4O3/c1-19(21-5-3-6-23(18-21)32-25(34)12-13-26(32)35)29-30-24(33)7-2-4-20-8-10-22(11-9-20)31(16-14-27)17-15-28/h3,5-6,8-13,18H,2,4,7,14-17H2,1H3,(H,30,33)/b29-19+. The van der Waals surface area contributed by atoms with Crippen LogP contribution in [0.5, 0.6) is 0 Å². The average Bonchev–Trinajstić information content (AvgIpc) is 3.20. The Morgan fingerprint density at radius 3 is 2.29 bits per heavy atom. The summed E-state index contributed by atoms with van der Waals surface area (Å²) in [5, 5.41) is 4.18. The summed E-state index contributed by atoms with van der Waals surface area (Å²) in [7, 11) is 0. The van der Waals surface area contributed by atoms with E-state index in [0.717, 1.165) is 35.7 Å². The molecule has 0 aliphatic carbocycles. The highest BCUT2D eigenvalue weighted by Crippen LogP contribution is 2.21. The van der Waals surface area contributed by atoms with Crippen LogP contribution in [-0.2, 0) is 20.8 Å². The SMILES string of the molecule is C/C(=N\NC(=O)CCCc1ccc(N(CCCl)CCCl)cc1)c1cccc(N2C(=O)C=CC2=O)c1. The molecule has 0 saturated heterocycles. The number of anilines is 2. The third-order valence-electron chi connectivity index (χ3n) is 5.56. The Balaban J connectivity index is 1.49. The Bertz CT molecular complexity index is 1090. The highest BCUT2D eigenvalue weighted by Gasteiger charge is 2.25. The molecule has 1 aliphatic heterocycles. The van der Waals surface area contributed by atoms with E-state index in [1.165, 1.54) is 12.2 Å². The van der Waals surface area contributed by atoms with Gasteiger partial charge in [-0.3, -0.25) is 14.4 Å². The fraction of sp³-hybridized carbons (Fsp3) is 0.308. The van der Waals surface area contributed by atoms with Gasteiger partial charge in [0.2, 0.25) is 5.91 Å². The zero-order valence-corrected chi connectivity index (χ0v) is 21.1. The van der Waals surface area contributed by atoms with E-state index in [1.807, 2.05) is 0 Å². The quantitative estimate of drug-likeness (QED) is 0.198. The van der Waals surface area contributed by atoms with Crippen LogP contribution in [0, 0.1) is 0 Å². The number of aryl methyl sites for hydroxylation is 1. The molecule has 35 heavy (non-hydrogen) atoms. The Labute approximate surface area is 215 Å². The highest BCUT2D eigenvalue weighted by atomic mass is 35.5. The summed E-state index contributed by atoms with van der Waals surface area (Å²) in [6.07, 6.45) is 4.28.